The summed E-state index contributed by atoms with van der Waals surface area (Å²) in [6.07, 6.45) is 14.3. The molecule has 3 heteroatoms. The fourth-order valence-corrected chi connectivity index (χ4v) is 3.83. The van der Waals surface area contributed by atoms with Crippen molar-refractivity contribution in [2.45, 2.75) is 89.1 Å². The van der Waals surface area contributed by atoms with Crippen LogP contribution in [0.1, 0.15) is 77.0 Å². The van der Waals surface area contributed by atoms with Crippen molar-refractivity contribution in [2.75, 3.05) is 7.05 Å². The van der Waals surface area contributed by atoms with Crippen LogP contribution in [0.15, 0.2) is 0 Å². The van der Waals surface area contributed by atoms with Gasteiger partial charge in [0.2, 0.25) is 5.91 Å². The lowest BCUT2D eigenvalue weighted by Gasteiger charge is -2.29. The summed E-state index contributed by atoms with van der Waals surface area (Å²) in [7, 11) is 2.02. The molecule has 0 aromatic heterocycles. The molecule has 0 heterocycles. The van der Waals surface area contributed by atoms with Crippen molar-refractivity contribution in [1.29, 1.82) is 0 Å². The SMILES string of the molecule is CN(C(=O)CCC1CCC(N)CC1)C1CCCCCC1. The first kappa shape index (κ1) is 15.8. The van der Waals surface area contributed by atoms with Crippen LogP contribution in [0.4, 0.5) is 0 Å². The van der Waals surface area contributed by atoms with Gasteiger partial charge in [-0.25, -0.2) is 0 Å². The maximum Gasteiger partial charge on any atom is 0.222 e. The Morgan fingerprint density at radius 1 is 1.00 bits per heavy atom. The molecule has 3 nitrogen and oxygen atoms in total. The first-order valence-corrected chi connectivity index (χ1v) is 8.68. The van der Waals surface area contributed by atoms with Crippen LogP contribution in [0.3, 0.4) is 0 Å². The number of amides is 1. The van der Waals surface area contributed by atoms with Crippen LogP contribution in [0.2, 0.25) is 0 Å². The van der Waals surface area contributed by atoms with Crippen LogP contribution in [0.25, 0.3) is 0 Å². The van der Waals surface area contributed by atoms with E-state index in [0.717, 1.165) is 31.6 Å². The van der Waals surface area contributed by atoms with Gasteiger partial charge in [-0.3, -0.25) is 4.79 Å². The third-order valence-corrected chi connectivity index (χ3v) is 5.42. The van der Waals surface area contributed by atoms with Crippen molar-refractivity contribution in [1.82, 2.24) is 4.90 Å². The summed E-state index contributed by atoms with van der Waals surface area (Å²) in [5.74, 6) is 1.10. The maximum atomic E-state index is 12.4. The lowest BCUT2D eigenvalue weighted by Crippen LogP contribution is -2.37. The molecule has 2 aliphatic rings. The summed E-state index contributed by atoms with van der Waals surface area (Å²) in [4.78, 5) is 14.4. The second-order valence-electron chi connectivity index (χ2n) is 6.97. The molecule has 2 rings (SSSR count). The highest BCUT2D eigenvalue weighted by atomic mass is 16.2. The molecule has 0 spiro atoms. The molecule has 0 saturated heterocycles. The minimum absolute atomic E-state index is 0.367. The number of carbonyl (C=O) groups is 1. The molecule has 20 heavy (non-hydrogen) atoms. The quantitative estimate of drug-likeness (QED) is 0.802. The molecule has 2 saturated carbocycles. The highest BCUT2D eigenvalue weighted by Crippen LogP contribution is 2.28. The van der Waals surface area contributed by atoms with Crippen molar-refractivity contribution in [3.05, 3.63) is 0 Å². The molecule has 1 amide bonds. The molecule has 0 unspecified atom stereocenters. The lowest BCUT2D eigenvalue weighted by molar-refractivity contribution is -0.132. The van der Waals surface area contributed by atoms with Crippen molar-refractivity contribution in [2.24, 2.45) is 11.7 Å². The topological polar surface area (TPSA) is 46.3 Å². The molecule has 116 valence electrons. The predicted octanol–water partition coefficient (Wildman–Crippen LogP) is 3.47. The van der Waals surface area contributed by atoms with Gasteiger partial charge >= 0.3 is 0 Å². The Balaban J connectivity index is 1.70. The van der Waals surface area contributed by atoms with Gasteiger partial charge in [-0.05, 0) is 50.9 Å². The van der Waals surface area contributed by atoms with Gasteiger partial charge in [0.1, 0.15) is 0 Å². The van der Waals surface area contributed by atoms with Gasteiger partial charge < -0.3 is 10.6 Å². The number of carbonyl (C=O) groups excluding carboxylic acids is 1. The molecule has 0 radical (unpaired) electrons. The van der Waals surface area contributed by atoms with E-state index < -0.39 is 0 Å². The van der Waals surface area contributed by atoms with E-state index >= 15 is 0 Å². The van der Waals surface area contributed by atoms with Crippen molar-refractivity contribution in [3.63, 3.8) is 0 Å². The van der Waals surface area contributed by atoms with E-state index in [0.29, 0.717) is 18.0 Å². The number of nitrogens with two attached hydrogens (primary N) is 1. The molecule has 2 fully saturated rings. The molecular formula is C17H32N2O. The number of nitrogens with zero attached hydrogens (tertiary/aromatic N) is 1. The normalized spacial score (nSPS) is 28.9. The fourth-order valence-electron chi connectivity index (χ4n) is 3.83. The van der Waals surface area contributed by atoms with Gasteiger partial charge in [0.15, 0.2) is 0 Å². The summed E-state index contributed by atoms with van der Waals surface area (Å²) < 4.78 is 0. The standard InChI is InChI=1S/C17H32N2O/c1-19(16-6-4-2-3-5-7-16)17(20)13-10-14-8-11-15(18)12-9-14/h14-16H,2-13,18H2,1H3. The second-order valence-corrected chi connectivity index (χ2v) is 6.97. The van der Waals surface area contributed by atoms with Crippen molar-refractivity contribution >= 4 is 5.91 Å². The first-order chi connectivity index (χ1) is 9.66. The summed E-state index contributed by atoms with van der Waals surface area (Å²) in [5, 5.41) is 0. The highest BCUT2D eigenvalue weighted by molar-refractivity contribution is 5.76. The smallest absolute Gasteiger partial charge is 0.222 e. The maximum absolute atomic E-state index is 12.4. The third kappa shape index (κ3) is 4.76. The van der Waals surface area contributed by atoms with E-state index in [4.69, 9.17) is 5.73 Å². The van der Waals surface area contributed by atoms with E-state index in [9.17, 15) is 4.79 Å². The Kier molecular flexibility index (Phi) is 6.34. The Bertz CT molecular complexity index is 289. The van der Waals surface area contributed by atoms with Crippen LogP contribution in [0.5, 0.6) is 0 Å². The average molecular weight is 280 g/mol. The van der Waals surface area contributed by atoms with Gasteiger partial charge in [0.25, 0.3) is 0 Å². The van der Waals surface area contributed by atoms with Crippen LogP contribution in [0, 0.1) is 5.92 Å². The molecule has 2 N–H and O–H groups in total. The first-order valence-electron chi connectivity index (χ1n) is 8.68. The van der Waals surface area contributed by atoms with Crippen LogP contribution < -0.4 is 5.73 Å². The number of rotatable bonds is 4. The van der Waals surface area contributed by atoms with Gasteiger partial charge in [-0.1, -0.05) is 25.7 Å². The van der Waals surface area contributed by atoms with Crippen LogP contribution >= 0.6 is 0 Å². The van der Waals surface area contributed by atoms with Crippen LogP contribution in [-0.2, 0) is 4.79 Å². The minimum Gasteiger partial charge on any atom is -0.343 e. The lowest BCUT2D eigenvalue weighted by atomic mass is 9.83. The van der Waals surface area contributed by atoms with E-state index in [1.54, 1.807) is 0 Å². The average Bonchev–Trinajstić information content (AvgIpc) is 2.74. The number of hydrogen-bond acceptors (Lipinski definition) is 2. The molecule has 0 aromatic rings. The van der Waals surface area contributed by atoms with Crippen molar-refractivity contribution < 1.29 is 4.79 Å². The predicted molar refractivity (Wildman–Crippen MR) is 83.4 cm³/mol. The molecule has 2 aliphatic carbocycles. The fraction of sp³-hybridized carbons (Fsp3) is 0.941. The molecule has 0 atom stereocenters. The van der Waals surface area contributed by atoms with Crippen LogP contribution in [-0.4, -0.2) is 29.9 Å². The Morgan fingerprint density at radius 3 is 2.20 bits per heavy atom. The second kappa shape index (κ2) is 8.02. The summed E-state index contributed by atoms with van der Waals surface area (Å²) in [5.41, 5.74) is 5.94. The van der Waals surface area contributed by atoms with Gasteiger partial charge in [0, 0.05) is 25.6 Å². The van der Waals surface area contributed by atoms with Gasteiger partial charge in [-0.15, -0.1) is 0 Å². The van der Waals surface area contributed by atoms with E-state index in [1.165, 1.54) is 51.4 Å². The Labute approximate surface area is 124 Å². The third-order valence-electron chi connectivity index (χ3n) is 5.42. The van der Waals surface area contributed by atoms with E-state index in [2.05, 4.69) is 4.90 Å². The number of hydrogen-bond donors (Lipinski definition) is 1. The zero-order chi connectivity index (χ0) is 14.4. The Morgan fingerprint density at radius 2 is 1.60 bits per heavy atom. The summed E-state index contributed by atoms with van der Waals surface area (Å²) >= 11 is 0. The van der Waals surface area contributed by atoms with Crippen molar-refractivity contribution in [3.8, 4) is 0 Å². The minimum atomic E-state index is 0.367. The molecular weight excluding hydrogens is 248 g/mol. The van der Waals surface area contributed by atoms with E-state index in [-0.39, 0.29) is 0 Å². The summed E-state index contributed by atoms with van der Waals surface area (Å²) in [6.45, 7) is 0. The Hall–Kier alpha value is -0.570. The molecule has 0 aliphatic heterocycles. The van der Waals surface area contributed by atoms with Gasteiger partial charge in [0.05, 0.1) is 0 Å². The largest absolute Gasteiger partial charge is 0.343 e. The molecule has 0 aromatic carbocycles. The summed E-state index contributed by atoms with van der Waals surface area (Å²) in [6, 6.07) is 0.917. The van der Waals surface area contributed by atoms with E-state index in [1.807, 2.05) is 7.05 Å². The highest BCUT2D eigenvalue weighted by Gasteiger charge is 2.23. The monoisotopic (exact) mass is 280 g/mol. The van der Waals surface area contributed by atoms with Gasteiger partial charge in [-0.2, -0.15) is 0 Å². The zero-order valence-corrected chi connectivity index (χ0v) is 13.2. The molecule has 0 bridgehead atoms. The zero-order valence-electron chi connectivity index (χ0n) is 13.2.